The number of nitrogens with one attached hydrogen (secondary N) is 2. The molecule has 0 unspecified atom stereocenters. The Balaban J connectivity index is 0.000000687. The van der Waals surface area contributed by atoms with Crippen molar-refractivity contribution in [2.24, 2.45) is 0 Å². The molecule has 154 valence electrons. The van der Waals surface area contributed by atoms with E-state index in [1.165, 1.54) is 24.2 Å². The normalized spacial score (nSPS) is 19.6. The molecular weight excluding hydrogens is 404 g/mol. The minimum atomic E-state index is -0.267. The third-order valence-electron chi connectivity index (χ3n) is 5.38. The Hall–Kier alpha value is -3.42. The molecule has 0 aromatic carbocycles. The molecule has 3 aromatic rings. The molecule has 30 heavy (non-hydrogen) atoms. The molecule has 0 aliphatic carbocycles. The first-order chi connectivity index (χ1) is 14.6. The van der Waals surface area contributed by atoms with Crippen molar-refractivity contribution >= 4 is 40.7 Å². The third-order valence-corrected chi connectivity index (χ3v) is 6.20. The summed E-state index contributed by atoms with van der Waals surface area (Å²) in [6.45, 7) is 1.69. The molecule has 3 aliphatic heterocycles. The van der Waals surface area contributed by atoms with Crippen molar-refractivity contribution in [2.45, 2.75) is 24.9 Å². The number of nitrogens with zero attached hydrogens (tertiary/aromatic N) is 4. The number of anilines is 2. The van der Waals surface area contributed by atoms with Crippen LogP contribution in [0, 0.1) is 11.3 Å². The van der Waals surface area contributed by atoms with Crippen LogP contribution in [0.3, 0.4) is 0 Å². The molecule has 2 atom stereocenters. The summed E-state index contributed by atoms with van der Waals surface area (Å²) in [7, 11) is 0. The SMILES string of the molecule is N#Cc1sccc1NC(=O)c1ccc2ccc(N3C[C@H]4CC[C@@H]3CN4)nn12.O=CO. The van der Waals surface area contributed by atoms with Gasteiger partial charge in [-0.15, -0.1) is 16.4 Å². The maximum atomic E-state index is 12.8. The summed E-state index contributed by atoms with van der Waals surface area (Å²) >= 11 is 1.31. The van der Waals surface area contributed by atoms with E-state index in [1.807, 2.05) is 18.2 Å². The van der Waals surface area contributed by atoms with Crippen molar-refractivity contribution in [1.82, 2.24) is 14.9 Å². The van der Waals surface area contributed by atoms with Crippen molar-refractivity contribution in [3.05, 3.63) is 46.3 Å². The molecule has 3 fully saturated rings. The number of carbonyl (C=O) groups excluding carboxylic acids is 1. The molecule has 3 aromatic heterocycles. The number of thiophene rings is 1. The van der Waals surface area contributed by atoms with Gasteiger partial charge in [0.1, 0.15) is 22.5 Å². The van der Waals surface area contributed by atoms with Crippen LogP contribution in [0.5, 0.6) is 0 Å². The highest BCUT2D eigenvalue weighted by molar-refractivity contribution is 7.11. The van der Waals surface area contributed by atoms with Gasteiger partial charge in [-0.2, -0.15) is 5.26 Å². The predicted molar refractivity (Wildman–Crippen MR) is 113 cm³/mol. The number of piperazine rings is 1. The van der Waals surface area contributed by atoms with Crippen LogP contribution < -0.4 is 15.5 Å². The number of amides is 1. The molecule has 1 amide bonds. The van der Waals surface area contributed by atoms with E-state index in [0.717, 1.165) is 24.4 Å². The first-order valence-corrected chi connectivity index (χ1v) is 10.4. The van der Waals surface area contributed by atoms with E-state index >= 15 is 0 Å². The molecule has 3 aliphatic rings. The Labute approximate surface area is 176 Å². The molecule has 0 spiro atoms. The van der Waals surface area contributed by atoms with E-state index in [1.54, 1.807) is 22.0 Å². The van der Waals surface area contributed by atoms with Crippen LogP contribution in [0.4, 0.5) is 11.5 Å². The second kappa shape index (κ2) is 8.52. The van der Waals surface area contributed by atoms with Gasteiger partial charge in [0.15, 0.2) is 0 Å². The number of hydrogen-bond donors (Lipinski definition) is 3. The van der Waals surface area contributed by atoms with Gasteiger partial charge in [0.2, 0.25) is 0 Å². The lowest BCUT2D eigenvalue weighted by Gasteiger charge is -2.46. The number of aromatic nitrogens is 2. The highest BCUT2D eigenvalue weighted by Crippen LogP contribution is 2.27. The maximum Gasteiger partial charge on any atom is 0.290 e. The zero-order valence-corrected chi connectivity index (χ0v) is 16.8. The number of carboxylic acid groups (broad SMARTS) is 1. The molecule has 9 nitrogen and oxygen atoms in total. The molecule has 3 N–H and O–H groups in total. The number of hydrogen-bond acceptors (Lipinski definition) is 7. The van der Waals surface area contributed by atoms with Gasteiger partial charge >= 0.3 is 0 Å². The molecular formula is C20H20N6O3S. The summed E-state index contributed by atoms with van der Waals surface area (Å²) in [5.74, 6) is 0.633. The summed E-state index contributed by atoms with van der Waals surface area (Å²) in [4.78, 5) is 24.0. The zero-order chi connectivity index (χ0) is 21.1. The van der Waals surface area contributed by atoms with Crippen molar-refractivity contribution < 1.29 is 14.7 Å². The fraction of sp³-hybridized carbons (Fsp3) is 0.300. The van der Waals surface area contributed by atoms with Crippen LogP contribution in [0.15, 0.2) is 35.7 Å². The Morgan fingerprint density at radius 3 is 2.80 bits per heavy atom. The van der Waals surface area contributed by atoms with Gasteiger partial charge in [0.05, 0.1) is 11.2 Å². The van der Waals surface area contributed by atoms with Crippen LogP contribution in [0.1, 0.15) is 28.2 Å². The topological polar surface area (TPSA) is 123 Å². The lowest BCUT2D eigenvalue weighted by Crippen LogP contribution is -2.61. The highest BCUT2D eigenvalue weighted by Gasteiger charge is 2.34. The highest BCUT2D eigenvalue weighted by atomic mass is 32.1. The summed E-state index contributed by atoms with van der Waals surface area (Å²) in [5, 5.41) is 29.0. The van der Waals surface area contributed by atoms with Gasteiger partial charge in [0, 0.05) is 25.2 Å². The van der Waals surface area contributed by atoms with Gasteiger partial charge in [-0.25, -0.2) is 4.52 Å². The lowest BCUT2D eigenvalue weighted by molar-refractivity contribution is -0.122. The monoisotopic (exact) mass is 424 g/mol. The van der Waals surface area contributed by atoms with Gasteiger partial charge < -0.3 is 20.6 Å². The van der Waals surface area contributed by atoms with E-state index in [2.05, 4.69) is 21.6 Å². The summed E-state index contributed by atoms with van der Waals surface area (Å²) in [5.41, 5.74) is 1.87. The Morgan fingerprint density at radius 2 is 2.13 bits per heavy atom. The number of piperidine rings is 2. The maximum absolute atomic E-state index is 12.8. The fourth-order valence-electron chi connectivity index (χ4n) is 3.97. The lowest BCUT2D eigenvalue weighted by atomic mass is 9.93. The average molecular weight is 424 g/mol. The Kier molecular flexibility index (Phi) is 5.65. The number of fused-ring (bicyclic) bond motifs is 4. The number of rotatable bonds is 3. The summed E-state index contributed by atoms with van der Waals surface area (Å²) < 4.78 is 1.69. The molecule has 3 saturated heterocycles. The minimum absolute atomic E-state index is 0.250. The molecule has 6 heterocycles. The quantitative estimate of drug-likeness (QED) is 0.551. The van der Waals surface area contributed by atoms with Crippen LogP contribution in [0.2, 0.25) is 0 Å². The van der Waals surface area contributed by atoms with Crippen LogP contribution in [-0.4, -0.2) is 52.3 Å². The van der Waals surface area contributed by atoms with Gasteiger partial charge in [-0.3, -0.25) is 9.59 Å². The van der Waals surface area contributed by atoms with Gasteiger partial charge in [-0.05, 0) is 48.6 Å². The van der Waals surface area contributed by atoms with Crippen molar-refractivity contribution in [3.8, 4) is 6.07 Å². The van der Waals surface area contributed by atoms with Crippen LogP contribution in [-0.2, 0) is 4.79 Å². The molecule has 0 radical (unpaired) electrons. The summed E-state index contributed by atoms with van der Waals surface area (Å²) in [6, 6.07) is 12.5. The van der Waals surface area contributed by atoms with Crippen molar-refractivity contribution in [1.29, 1.82) is 5.26 Å². The Bertz CT molecular complexity index is 1110. The van der Waals surface area contributed by atoms with E-state index in [-0.39, 0.29) is 12.4 Å². The van der Waals surface area contributed by atoms with Crippen molar-refractivity contribution in [3.63, 3.8) is 0 Å². The second-order valence-corrected chi connectivity index (χ2v) is 7.99. The van der Waals surface area contributed by atoms with E-state index in [9.17, 15) is 4.79 Å². The average Bonchev–Trinajstić information content (AvgIpc) is 3.41. The van der Waals surface area contributed by atoms with E-state index in [0.29, 0.717) is 28.3 Å². The third kappa shape index (κ3) is 3.72. The van der Waals surface area contributed by atoms with E-state index in [4.69, 9.17) is 20.3 Å². The largest absolute Gasteiger partial charge is 0.483 e. The first-order valence-electron chi connectivity index (χ1n) is 9.50. The second-order valence-electron chi connectivity index (χ2n) is 7.07. The van der Waals surface area contributed by atoms with Crippen LogP contribution in [0.25, 0.3) is 5.52 Å². The standard InChI is InChI=1S/C19H18N6OS.CH2O2/c20-9-17-15(7-8-27-17)22-19(26)16-5-3-13-4-6-18(23-25(13)16)24-11-12-1-2-14(24)10-21-12;2-1-3/h3-8,12,14,21H,1-2,10-11H2,(H,22,26);1H,(H,2,3)/t12-,14-;/m1./s1. The predicted octanol–water partition coefficient (Wildman–Crippen LogP) is 2.16. The number of carbonyl (C=O) groups is 2. The zero-order valence-electron chi connectivity index (χ0n) is 16.0. The molecule has 6 rings (SSSR count). The number of nitriles is 1. The van der Waals surface area contributed by atoms with Gasteiger partial charge in [-0.1, -0.05) is 0 Å². The summed E-state index contributed by atoms with van der Waals surface area (Å²) in [6.07, 6.45) is 2.38. The van der Waals surface area contributed by atoms with Crippen molar-refractivity contribution in [2.75, 3.05) is 23.3 Å². The van der Waals surface area contributed by atoms with Crippen LogP contribution >= 0.6 is 11.3 Å². The minimum Gasteiger partial charge on any atom is -0.483 e. The molecule has 0 saturated carbocycles. The van der Waals surface area contributed by atoms with E-state index < -0.39 is 0 Å². The molecule has 2 bridgehead atoms. The first kappa shape index (κ1) is 19.9. The molecule has 10 heteroatoms. The Morgan fingerprint density at radius 1 is 1.33 bits per heavy atom. The fourth-order valence-corrected chi connectivity index (χ4v) is 4.61. The van der Waals surface area contributed by atoms with Gasteiger partial charge in [0.25, 0.3) is 12.4 Å². The smallest absolute Gasteiger partial charge is 0.290 e.